The molecule has 0 aliphatic heterocycles. The van der Waals surface area contributed by atoms with Crippen molar-refractivity contribution in [1.82, 2.24) is 0 Å². The van der Waals surface area contributed by atoms with E-state index in [-0.39, 0.29) is 22.5 Å². The maximum Gasteiger partial charge on any atom is 0.337 e. The highest BCUT2D eigenvalue weighted by atomic mass is 16.6. The van der Waals surface area contributed by atoms with Crippen molar-refractivity contribution in [2.24, 2.45) is 0 Å². The zero-order valence-electron chi connectivity index (χ0n) is 37.4. The molecule has 13 heteroatoms. The number of anilines is 6. The molecule has 0 aliphatic rings. The lowest BCUT2D eigenvalue weighted by Gasteiger charge is -2.10. The molecule has 330 valence electrons. The quantitative estimate of drug-likeness (QED) is 0.0467. The van der Waals surface area contributed by atoms with Gasteiger partial charge >= 0.3 is 11.9 Å². The number of carboxylic acids is 2. The molecule has 0 atom stereocenters. The van der Waals surface area contributed by atoms with E-state index < -0.39 is 16.9 Å². The number of hydrogen-bond donors (Lipinski definition) is 8. The Balaban J connectivity index is 0.000000373. The van der Waals surface area contributed by atoms with Crippen molar-refractivity contribution in [1.29, 1.82) is 0 Å². The molecule has 0 unspecified atom stereocenters. The first kappa shape index (κ1) is 52.5. The molecule has 0 amide bonds. The average Bonchev–Trinajstić information content (AvgIpc) is 3.20. The van der Waals surface area contributed by atoms with Gasteiger partial charge in [0.2, 0.25) is 0 Å². The lowest BCUT2D eigenvalue weighted by Crippen LogP contribution is -2.03. The van der Waals surface area contributed by atoms with E-state index in [0.29, 0.717) is 17.3 Å². The number of nitrogen functional groups attached to an aromatic ring is 6. The molecule has 62 heavy (non-hydrogen) atoms. The molecule has 0 radical (unpaired) electrons. The zero-order valence-corrected chi connectivity index (χ0v) is 37.4. The summed E-state index contributed by atoms with van der Waals surface area (Å²) in [7, 11) is 0. The fraction of sp³-hybridized carbons (Fsp3) is 0.224. The number of nitro groups is 1. The van der Waals surface area contributed by atoms with Crippen LogP contribution in [0.1, 0.15) is 90.6 Å². The first-order chi connectivity index (χ1) is 28.9. The molecule has 6 aromatic carbocycles. The van der Waals surface area contributed by atoms with E-state index in [2.05, 4.69) is 32.0 Å². The van der Waals surface area contributed by atoms with Crippen molar-refractivity contribution in [3.8, 4) is 0 Å². The number of nitrogens with zero attached hydrogens (tertiary/aromatic N) is 1. The summed E-state index contributed by atoms with van der Waals surface area (Å²) in [5.41, 5.74) is 47.4. The minimum Gasteiger partial charge on any atom is -0.478 e. The summed E-state index contributed by atoms with van der Waals surface area (Å²) in [6, 6.07) is 32.7. The highest BCUT2D eigenvalue weighted by Crippen LogP contribution is 2.25. The molecule has 0 saturated heterocycles. The van der Waals surface area contributed by atoms with Crippen molar-refractivity contribution in [2.75, 3.05) is 34.4 Å². The molecule has 0 aromatic heterocycles. The van der Waals surface area contributed by atoms with E-state index in [1.165, 1.54) is 41.0 Å². The van der Waals surface area contributed by atoms with Gasteiger partial charge in [-0.1, -0.05) is 92.7 Å². The number of carbonyl (C=O) groups is 2. The lowest BCUT2D eigenvalue weighted by molar-refractivity contribution is -0.383. The predicted molar refractivity (Wildman–Crippen MR) is 258 cm³/mol. The van der Waals surface area contributed by atoms with Crippen LogP contribution >= 0.6 is 0 Å². The van der Waals surface area contributed by atoms with E-state index >= 15 is 0 Å². The number of benzene rings is 6. The number of nitro benzene ring substituents is 1. The highest BCUT2D eigenvalue weighted by molar-refractivity contribution is 5.94. The molecular weight excluding hydrogens is 783 g/mol. The van der Waals surface area contributed by atoms with Gasteiger partial charge in [0.1, 0.15) is 5.69 Å². The number of carboxylic acid groups (broad SMARTS) is 2. The number of para-hydroxylation sites is 4. The topological polar surface area (TPSA) is 274 Å². The monoisotopic (exact) mass is 845 g/mol. The normalized spacial score (nSPS) is 9.73. The van der Waals surface area contributed by atoms with Crippen LogP contribution in [0, 0.1) is 65.5 Å². The van der Waals surface area contributed by atoms with Gasteiger partial charge in [-0.15, -0.1) is 0 Å². The van der Waals surface area contributed by atoms with Gasteiger partial charge < -0.3 is 44.6 Å². The van der Waals surface area contributed by atoms with Gasteiger partial charge in [0, 0.05) is 34.5 Å². The van der Waals surface area contributed by atoms with Crippen molar-refractivity contribution in [3.05, 3.63) is 181 Å². The van der Waals surface area contributed by atoms with E-state index in [1.54, 1.807) is 44.2 Å². The Kier molecular flexibility index (Phi) is 21.3. The summed E-state index contributed by atoms with van der Waals surface area (Å²) in [6.45, 7) is 19.8. The van der Waals surface area contributed by atoms with E-state index in [4.69, 9.17) is 44.6 Å². The molecule has 0 heterocycles. The second kappa shape index (κ2) is 25.2. The Hall–Kier alpha value is -7.54. The minimum absolute atomic E-state index is 0.0231. The average molecular weight is 846 g/mol. The van der Waals surface area contributed by atoms with E-state index in [9.17, 15) is 19.7 Å². The maximum absolute atomic E-state index is 10.5. The Morgan fingerprint density at radius 2 is 0.919 bits per heavy atom. The molecule has 0 saturated carbocycles. The number of nitrogens with two attached hydrogens (primary N) is 6. The first-order valence-corrected chi connectivity index (χ1v) is 19.6. The van der Waals surface area contributed by atoms with E-state index in [0.717, 1.165) is 50.4 Å². The van der Waals surface area contributed by atoms with Gasteiger partial charge in [-0.25, -0.2) is 9.59 Å². The Morgan fingerprint density at radius 3 is 1.29 bits per heavy atom. The Bertz CT molecular complexity index is 2370. The van der Waals surface area contributed by atoms with Crippen LogP contribution in [0.4, 0.5) is 39.8 Å². The van der Waals surface area contributed by atoms with Crippen molar-refractivity contribution >= 4 is 51.8 Å². The molecule has 0 fully saturated rings. The van der Waals surface area contributed by atoms with Crippen LogP contribution in [0.15, 0.2) is 109 Å². The van der Waals surface area contributed by atoms with Crippen LogP contribution in [-0.2, 0) is 0 Å². The highest BCUT2D eigenvalue weighted by Gasteiger charge is 2.11. The van der Waals surface area contributed by atoms with Crippen molar-refractivity contribution < 1.29 is 24.7 Å². The molecule has 0 bridgehead atoms. The van der Waals surface area contributed by atoms with Gasteiger partial charge in [0.25, 0.3) is 5.69 Å². The summed E-state index contributed by atoms with van der Waals surface area (Å²) < 4.78 is 0. The fourth-order valence-corrected chi connectivity index (χ4v) is 5.26. The van der Waals surface area contributed by atoms with Crippen LogP contribution in [0.3, 0.4) is 0 Å². The SMILES string of the molecule is Cc1ccc(C(=O)O)cc1N.Cc1ccc(C)c(N)c1.Cc1cccc(C(=O)O)c1N.Cc1cccc(C(C)C)c1N.Cc1cccc(C)c1N.Cc1cccc([N+](=O)[O-])c1N. The molecule has 0 spiro atoms. The molecule has 6 aromatic rings. The van der Waals surface area contributed by atoms with Gasteiger partial charge in [-0.2, -0.15) is 0 Å². The summed E-state index contributed by atoms with van der Waals surface area (Å²) in [4.78, 5) is 30.7. The van der Waals surface area contributed by atoms with Crippen LogP contribution in [0.2, 0.25) is 0 Å². The smallest absolute Gasteiger partial charge is 0.337 e. The fourth-order valence-electron chi connectivity index (χ4n) is 5.26. The van der Waals surface area contributed by atoms with Gasteiger partial charge in [-0.3, -0.25) is 10.1 Å². The molecule has 13 nitrogen and oxygen atoms in total. The summed E-state index contributed by atoms with van der Waals surface area (Å²) >= 11 is 0. The second-order valence-electron chi connectivity index (χ2n) is 14.9. The van der Waals surface area contributed by atoms with Crippen LogP contribution in [0.25, 0.3) is 0 Å². The van der Waals surface area contributed by atoms with Gasteiger partial charge in [0.05, 0.1) is 16.1 Å². The zero-order chi connectivity index (χ0) is 47.4. The van der Waals surface area contributed by atoms with Crippen LogP contribution in [0.5, 0.6) is 0 Å². The van der Waals surface area contributed by atoms with Crippen LogP contribution < -0.4 is 34.4 Å². The number of hydrogen-bond acceptors (Lipinski definition) is 10. The van der Waals surface area contributed by atoms with Crippen molar-refractivity contribution in [2.45, 2.75) is 75.2 Å². The predicted octanol–water partition coefficient (Wildman–Crippen LogP) is 10.5. The minimum atomic E-state index is -0.980. The Morgan fingerprint density at radius 1 is 0.500 bits per heavy atom. The number of aryl methyl sites for hydroxylation is 8. The van der Waals surface area contributed by atoms with Gasteiger partial charge in [0.15, 0.2) is 0 Å². The largest absolute Gasteiger partial charge is 0.478 e. The maximum atomic E-state index is 10.5. The molecule has 6 rings (SSSR count). The summed E-state index contributed by atoms with van der Waals surface area (Å²) in [5, 5.41) is 27.5. The third-order valence-electron chi connectivity index (χ3n) is 9.54. The third-order valence-corrected chi connectivity index (χ3v) is 9.54. The van der Waals surface area contributed by atoms with Crippen LogP contribution in [-0.4, -0.2) is 27.1 Å². The molecule has 0 aliphatic carbocycles. The van der Waals surface area contributed by atoms with Crippen molar-refractivity contribution in [3.63, 3.8) is 0 Å². The Labute approximate surface area is 365 Å². The molecular formula is C49H63N7O6. The standard InChI is InChI=1S/C10H15N.2C8H9NO2.2C8H11N.C7H8N2O2/c1-7(2)9-6-4-5-8(3)10(9)11;1-5-2-3-6(8(10)11)4-7(5)9;1-5-3-2-4-6(7(5)9)8(10)11;1-6-3-4-7(2)8(9)5-6;1-6-4-3-5-7(2)8(6)9;1-5-3-2-4-6(7(5)8)9(10)11/h4-7H,11H2,1-3H3;2*2-4H,9H2,1H3,(H,10,11);2*3-5H,9H2,1-2H3;2-4H,8H2,1H3. The lowest BCUT2D eigenvalue weighted by atomic mass is 9.99. The number of aromatic carboxylic acids is 2. The summed E-state index contributed by atoms with van der Waals surface area (Å²) in [5.74, 6) is -1.40. The van der Waals surface area contributed by atoms with E-state index in [1.807, 2.05) is 77.9 Å². The number of rotatable bonds is 4. The second-order valence-corrected chi connectivity index (χ2v) is 14.9. The first-order valence-electron chi connectivity index (χ1n) is 19.6. The third kappa shape index (κ3) is 17.0. The molecule has 14 N–H and O–H groups in total. The van der Waals surface area contributed by atoms with Gasteiger partial charge in [-0.05, 0) is 136 Å². The summed E-state index contributed by atoms with van der Waals surface area (Å²) in [6.07, 6.45) is 0.